The first-order valence-corrected chi connectivity index (χ1v) is 6.62. The van der Waals surface area contributed by atoms with Crippen LogP contribution in [0.5, 0.6) is 5.75 Å². The minimum absolute atomic E-state index is 0.468. The molecule has 0 aliphatic rings. The molecule has 1 N–H and O–H groups in total. The van der Waals surface area contributed by atoms with Crippen molar-refractivity contribution in [1.29, 1.82) is 0 Å². The maximum atomic E-state index is 5.67. The molecule has 0 saturated heterocycles. The number of nitrogens with one attached hydrogen (secondary N) is 1. The van der Waals surface area contributed by atoms with Crippen molar-refractivity contribution < 1.29 is 4.74 Å². The molecule has 2 aromatic heterocycles. The third-order valence-corrected chi connectivity index (χ3v) is 2.74. The van der Waals surface area contributed by atoms with E-state index in [2.05, 4.69) is 22.3 Å². The lowest BCUT2D eigenvalue weighted by Gasteiger charge is -2.06. The first-order valence-electron chi connectivity index (χ1n) is 6.62. The van der Waals surface area contributed by atoms with Crippen molar-refractivity contribution in [3.8, 4) is 5.75 Å². The van der Waals surface area contributed by atoms with E-state index in [1.54, 1.807) is 6.20 Å². The van der Waals surface area contributed by atoms with Crippen LogP contribution in [0.1, 0.15) is 25.2 Å². The molecule has 0 amide bonds. The van der Waals surface area contributed by atoms with Crippen molar-refractivity contribution >= 4 is 0 Å². The van der Waals surface area contributed by atoms with Gasteiger partial charge >= 0.3 is 0 Å². The van der Waals surface area contributed by atoms with Crippen molar-refractivity contribution in [3.63, 3.8) is 0 Å². The van der Waals surface area contributed by atoms with Gasteiger partial charge in [-0.2, -0.15) is 5.10 Å². The Kier molecular flexibility index (Phi) is 4.92. The van der Waals surface area contributed by atoms with Gasteiger partial charge < -0.3 is 10.1 Å². The average Bonchev–Trinajstić information content (AvgIpc) is 2.91. The van der Waals surface area contributed by atoms with E-state index in [0.29, 0.717) is 6.61 Å². The molecule has 19 heavy (non-hydrogen) atoms. The second kappa shape index (κ2) is 6.89. The Bertz CT molecular complexity index is 510. The van der Waals surface area contributed by atoms with Crippen LogP contribution in [0.2, 0.25) is 0 Å². The average molecular weight is 260 g/mol. The first-order chi connectivity index (χ1) is 9.31. The Morgan fingerprint density at radius 2 is 2.11 bits per heavy atom. The van der Waals surface area contributed by atoms with Crippen molar-refractivity contribution in [3.05, 3.63) is 42.0 Å². The molecular weight excluding hydrogens is 240 g/mol. The van der Waals surface area contributed by atoms with Gasteiger partial charge in [0.1, 0.15) is 6.61 Å². The van der Waals surface area contributed by atoms with Gasteiger partial charge in [-0.25, -0.2) is 0 Å². The van der Waals surface area contributed by atoms with Gasteiger partial charge in [-0.3, -0.25) is 9.67 Å². The summed E-state index contributed by atoms with van der Waals surface area (Å²) in [6.07, 6.45) is 3.62. The van der Waals surface area contributed by atoms with Gasteiger partial charge in [0.15, 0.2) is 5.75 Å². The predicted octanol–water partition coefficient (Wildman–Crippen LogP) is 1.99. The maximum absolute atomic E-state index is 5.67. The number of nitrogens with zero attached hydrogens (tertiary/aromatic N) is 3. The van der Waals surface area contributed by atoms with E-state index >= 15 is 0 Å². The lowest BCUT2D eigenvalue weighted by Crippen LogP contribution is -2.13. The predicted molar refractivity (Wildman–Crippen MR) is 73.9 cm³/mol. The molecule has 0 atom stereocenters. The second-order valence-corrected chi connectivity index (χ2v) is 4.22. The topological polar surface area (TPSA) is 52.0 Å². The largest absolute Gasteiger partial charge is 0.484 e. The highest BCUT2D eigenvalue weighted by Crippen LogP contribution is 2.10. The standard InChI is InChI=1S/C14H20N4O/c1-3-15-8-12-6-5-7-13(17-12)11-19-14-9-16-18(4-2)10-14/h5-7,9-10,15H,3-4,8,11H2,1-2H3. The van der Waals surface area contributed by atoms with E-state index in [4.69, 9.17) is 4.74 Å². The molecule has 2 heterocycles. The van der Waals surface area contributed by atoms with Crippen LogP contribution in [-0.4, -0.2) is 21.3 Å². The second-order valence-electron chi connectivity index (χ2n) is 4.22. The summed E-state index contributed by atoms with van der Waals surface area (Å²) in [5, 5.41) is 7.43. The number of hydrogen-bond acceptors (Lipinski definition) is 4. The van der Waals surface area contributed by atoms with Crippen molar-refractivity contribution in [2.75, 3.05) is 6.54 Å². The summed E-state index contributed by atoms with van der Waals surface area (Å²) in [4.78, 5) is 4.54. The zero-order valence-corrected chi connectivity index (χ0v) is 11.5. The van der Waals surface area contributed by atoms with Gasteiger partial charge in [-0.1, -0.05) is 13.0 Å². The van der Waals surface area contributed by atoms with Crippen LogP contribution in [0.15, 0.2) is 30.6 Å². The van der Waals surface area contributed by atoms with Crippen molar-refractivity contribution in [2.45, 2.75) is 33.5 Å². The van der Waals surface area contributed by atoms with Gasteiger partial charge in [-0.05, 0) is 25.6 Å². The fourth-order valence-corrected chi connectivity index (χ4v) is 1.71. The zero-order chi connectivity index (χ0) is 13.5. The molecule has 0 aromatic carbocycles. The minimum Gasteiger partial charge on any atom is -0.484 e. The molecule has 5 heteroatoms. The third-order valence-electron chi connectivity index (χ3n) is 2.74. The van der Waals surface area contributed by atoms with E-state index in [9.17, 15) is 0 Å². The molecule has 2 aromatic rings. The Morgan fingerprint density at radius 1 is 1.26 bits per heavy atom. The summed E-state index contributed by atoms with van der Waals surface area (Å²) >= 11 is 0. The normalized spacial score (nSPS) is 10.6. The summed E-state index contributed by atoms with van der Waals surface area (Å²) in [6, 6.07) is 5.99. The molecule has 0 fully saturated rings. The summed E-state index contributed by atoms with van der Waals surface area (Å²) in [6.45, 7) is 7.17. The van der Waals surface area contributed by atoms with Gasteiger partial charge in [0.05, 0.1) is 23.8 Å². The van der Waals surface area contributed by atoms with Crippen LogP contribution in [0.25, 0.3) is 0 Å². The Labute approximate surface area is 113 Å². The van der Waals surface area contributed by atoms with Gasteiger partial charge in [0, 0.05) is 13.1 Å². The monoisotopic (exact) mass is 260 g/mol. The molecule has 0 unspecified atom stereocenters. The highest BCUT2D eigenvalue weighted by atomic mass is 16.5. The van der Waals surface area contributed by atoms with E-state index < -0.39 is 0 Å². The molecule has 102 valence electrons. The minimum atomic E-state index is 0.468. The SMILES string of the molecule is CCNCc1cccc(COc2cnn(CC)c2)n1. The number of hydrogen-bond donors (Lipinski definition) is 1. The molecule has 5 nitrogen and oxygen atoms in total. The van der Waals surface area contributed by atoms with Crippen LogP contribution in [0, 0.1) is 0 Å². The number of aryl methyl sites for hydroxylation is 1. The summed E-state index contributed by atoms with van der Waals surface area (Å²) in [5.41, 5.74) is 1.96. The van der Waals surface area contributed by atoms with E-state index in [-0.39, 0.29) is 0 Å². The highest BCUT2D eigenvalue weighted by molar-refractivity contribution is 5.14. The molecule has 0 radical (unpaired) electrons. The molecule has 0 spiro atoms. The highest BCUT2D eigenvalue weighted by Gasteiger charge is 2.01. The Morgan fingerprint density at radius 3 is 2.84 bits per heavy atom. The van der Waals surface area contributed by atoms with Crippen LogP contribution in [0.4, 0.5) is 0 Å². The summed E-state index contributed by atoms with van der Waals surface area (Å²) in [7, 11) is 0. The lowest BCUT2D eigenvalue weighted by atomic mass is 10.3. The van der Waals surface area contributed by atoms with Gasteiger partial charge in [0.25, 0.3) is 0 Å². The van der Waals surface area contributed by atoms with Crippen LogP contribution >= 0.6 is 0 Å². The van der Waals surface area contributed by atoms with Crippen molar-refractivity contribution in [2.24, 2.45) is 0 Å². The first kappa shape index (κ1) is 13.5. The molecule has 0 aliphatic carbocycles. The number of pyridine rings is 1. The van der Waals surface area contributed by atoms with Gasteiger partial charge in [-0.15, -0.1) is 0 Å². The number of ether oxygens (including phenoxy) is 1. The molecule has 0 aliphatic heterocycles. The molecule has 0 saturated carbocycles. The smallest absolute Gasteiger partial charge is 0.157 e. The van der Waals surface area contributed by atoms with E-state index in [1.165, 1.54) is 0 Å². The van der Waals surface area contributed by atoms with Crippen LogP contribution < -0.4 is 10.1 Å². The molecule has 2 rings (SSSR count). The summed E-state index contributed by atoms with van der Waals surface area (Å²) < 4.78 is 7.51. The fraction of sp³-hybridized carbons (Fsp3) is 0.429. The van der Waals surface area contributed by atoms with Crippen molar-refractivity contribution in [1.82, 2.24) is 20.1 Å². The van der Waals surface area contributed by atoms with Crippen LogP contribution in [0.3, 0.4) is 0 Å². The maximum Gasteiger partial charge on any atom is 0.157 e. The van der Waals surface area contributed by atoms with Crippen LogP contribution in [-0.2, 0) is 19.7 Å². The quantitative estimate of drug-likeness (QED) is 0.827. The molecule has 0 bridgehead atoms. The fourth-order valence-electron chi connectivity index (χ4n) is 1.71. The molecular formula is C14H20N4O. The Balaban J connectivity index is 1.91. The van der Waals surface area contributed by atoms with E-state index in [1.807, 2.05) is 36.0 Å². The zero-order valence-electron chi connectivity index (χ0n) is 11.5. The Hall–Kier alpha value is -1.88. The van der Waals surface area contributed by atoms with Gasteiger partial charge in [0.2, 0.25) is 0 Å². The summed E-state index contributed by atoms with van der Waals surface area (Å²) in [5.74, 6) is 0.778. The third kappa shape index (κ3) is 4.06. The van der Waals surface area contributed by atoms with E-state index in [0.717, 1.165) is 36.8 Å². The number of aromatic nitrogens is 3. The lowest BCUT2D eigenvalue weighted by molar-refractivity contribution is 0.300. The number of rotatable bonds is 7.